The number of fused-ring (bicyclic) bond motifs is 1. The number of amides is 1. The highest BCUT2D eigenvalue weighted by Gasteiger charge is 2.21. The van der Waals surface area contributed by atoms with E-state index < -0.39 is 25.4 Å². The second-order valence-corrected chi connectivity index (χ2v) is 15.1. The Hall–Kier alpha value is -2.18. The lowest BCUT2D eigenvalue weighted by Crippen LogP contribution is -2.37. The van der Waals surface area contributed by atoms with Crippen LogP contribution >= 0.6 is 11.8 Å². The first kappa shape index (κ1) is 25.1. The first-order chi connectivity index (χ1) is 14.5. The average Bonchev–Trinajstić information content (AvgIpc) is 3.08. The Morgan fingerprint density at radius 1 is 1.26 bits per heavy atom. The maximum Gasteiger partial charge on any atom is 0.332 e. The topological polar surface area (TPSA) is 117 Å². The van der Waals surface area contributed by atoms with E-state index in [4.69, 9.17) is 4.74 Å². The van der Waals surface area contributed by atoms with Crippen molar-refractivity contribution in [2.45, 2.75) is 57.0 Å². The molecule has 0 saturated heterocycles. The van der Waals surface area contributed by atoms with Gasteiger partial charge in [-0.05, 0) is 12.5 Å². The molecule has 172 valence electrons. The SMILES string of the molecule is CCC(C=O)NC(=O)CSc1nc2c(c(=O)n(C)c(=O)n2C)n1COCC[Si](C)(C)C. The zero-order valence-electron chi connectivity index (χ0n) is 18.9. The van der Waals surface area contributed by atoms with Gasteiger partial charge in [0.15, 0.2) is 16.3 Å². The van der Waals surface area contributed by atoms with Crippen LogP contribution in [0, 0.1) is 0 Å². The Balaban J connectivity index is 2.35. The number of carbonyl (C=O) groups is 2. The molecule has 0 bridgehead atoms. The van der Waals surface area contributed by atoms with Gasteiger partial charge < -0.3 is 14.8 Å². The lowest BCUT2D eigenvalue weighted by molar-refractivity contribution is -0.121. The van der Waals surface area contributed by atoms with Crippen LogP contribution in [0.5, 0.6) is 0 Å². The van der Waals surface area contributed by atoms with Crippen LogP contribution in [0.1, 0.15) is 13.3 Å². The molecule has 0 saturated carbocycles. The molecule has 0 fully saturated rings. The van der Waals surface area contributed by atoms with Crippen LogP contribution in [0.15, 0.2) is 14.7 Å². The fourth-order valence-corrected chi connectivity index (χ4v) is 4.35. The number of aldehydes is 1. The number of ether oxygens (including phenoxy) is 1. The number of nitrogens with one attached hydrogen (secondary N) is 1. The molecule has 0 aliphatic carbocycles. The average molecular weight is 470 g/mol. The Bertz CT molecular complexity index is 1070. The lowest BCUT2D eigenvalue weighted by Gasteiger charge is -2.16. The largest absolute Gasteiger partial charge is 0.361 e. The molecule has 2 aromatic heterocycles. The number of imidazole rings is 1. The summed E-state index contributed by atoms with van der Waals surface area (Å²) in [6.45, 7) is 9.18. The van der Waals surface area contributed by atoms with E-state index in [0.29, 0.717) is 24.5 Å². The molecule has 0 spiro atoms. The summed E-state index contributed by atoms with van der Waals surface area (Å²) in [4.78, 5) is 52.7. The summed E-state index contributed by atoms with van der Waals surface area (Å²) in [7, 11) is 1.68. The molecule has 0 aliphatic rings. The number of hydrogen-bond acceptors (Lipinski definition) is 7. The van der Waals surface area contributed by atoms with Gasteiger partial charge in [-0.2, -0.15) is 0 Å². The highest BCUT2D eigenvalue weighted by Crippen LogP contribution is 2.22. The maximum absolute atomic E-state index is 12.8. The van der Waals surface area contributed by atoms with Gasteiger partial charge in [-0.25, -0.2) is 9.78 Å². The number of aryl methyl sites for hydroxylation is 1. The van der Waals surface area contributed by atoms with E-state index in [1.807, 2.05) is 0 Å². The molecular formula is C19H31N5O5SSi. The predicted molar refractivity (Wildman–Crippen MR) is 123 cm³/mol. The third kappa shape index (κ3) is 6.17. The molecule has 31 heavy (non-hydrogen) atoms. The van der Waals surface area contributed by atoms with Gasteiger partial charge in [-0.1, -0.05) is 38.3 Å². The van der Waals surface area contributed by atoms with Crippen LogP contribution in [0.2, 0.25) is 25.7 Å². The zero-order chi connectivity index (χ0) is 23.3. The van der Waals surface area contributed by atoms with Crippen molar-refractivity contribution < 1.29 is 14.3 Å². The molecule has 2 heterocycles. The van der Waals surface area contributed by atoms with E-state index in [-0.39, 0.29) is 29.6 Å². The van der Waals surface area contributed by atoms with Crippen LogP contribution < -0.4 is 16.6 Å². The summed E-state index contributed by atoms with van der Waals surface area (Å²) in [5.74, 6) is -0.305. The van der Waals surface area contributed by atoms with Crippen molar-refractivity contribution in [3.8, 4) is 0 Å². The van der Waals surface area contributed by atoms with Gasteiger partial charge in [0, 0.05) is 28.8 Å². The third-order valence-electron chi connectivity index (χ3n) is 4.81. The van der Waals surface area contributed by atoms with Crippen molar-refractivity contribution in [3.63, 3.8) is 0 Å². The van der Waals surface area contributed by atoms with Crippen LogP contribution in [0.3, 0.4) is 0 Å². The highest BCUT2D eigenvalue weighted by molar-refractivity contribution is 7.99. The minimum absolute atomic E-state index is 0.0107. The van der Waals surface area contributed by atoms with Gasteiger partial charge in [0.05, 0.1) is 11.8 Å². The van der Waals surface area contributed by atoms with Crippen molar-refractivity contribution in [1.82, 2.24) is 24.0 Å². The fourth-order valence-electron chi connectivity index (χ4n) is 2.80. The maximum atomic E-state index is 12.8. The standard InChI is InChI=1S/C19H31N5O5SSi/c1-7-13(10-25)20-14(26)11-30-18-21-16-15(17(27)23(3)19(28)22(16)2)24(18)12-29-8-9-31(4,5)6/h10,13H,7-9,11-12H2,1-6H3,(H,20,26). The van der Waals surface area contributed by atoms with Gasteiger partial charge in [0.1, 0.15) is 13.0 Å². The summed E-state index contributed by atoms with van der Waals surface area (Å²) in [5, 5.41) is 3.04. The van der Waals surface area contributed by atoms with Crippen LogP contribution in [-0.4, -0.2) is 57.4 Å². The monoisotopic (exact) mass is 469 g/mol. The van der Waals surface area contributed by atoms with Crippen LogP contribution in [0.25, 0.3) is 11.2 Å². The number of rotatable bonds is 11. The molecule has 1 N–H and O–H groups in total. The lowest BCUT2D eigenvalue weighted by atomic mass is 10.2. The summed E-state index contributed by atoms with van der Waals surface area (Å²) in [6, 6.07) is 0.426. The molecule has 2 aromatic rings. The van der Waals surface area contributed by atoms with Crippen molar-refractivity contribution in [3.05, 3.63) is 20.8 Å². The quantitative estimate of drug-likeness (QED) is 0.225. The van der Waals surface area contributed by atoms with Gasteiger partial charge in [-0.15, -0.1) is 0 Å². The zero-order valence-corrected chi connectivity index (χ0v) is 20.7. The molecule has 0 radical (unpaired) electrons. The normalized spacial score (nSPS) is 12.8. The van der Waals surface area contributed by atoms with E-state index in [9.17, 15) is 19.2 Å². The van der Waals surface area contributed by atoms with Crippen LogP contribution in [-0.2, 0) is 35.2 Å². The van der Waals surface area contributed by atoms with Gasteiger partial charge in [0.25, 0.3) is 5.56 Å². The molecule has 10 nitrogen and oxygen atoms in total. The smallest absolute Gasteiger partial charge is 0.332 e. The van der Waals surface area contributed by atoms with E-state index in [0.717, 1.165) is 22.4 Å². The summed E-state index contributed by atoms with van der Waals surface area (Å²) >= 11 is 1.13. The van der Waals surface area contributed by atoms with Crippen molar-refractivity contribution in [2.75, 3.05) is 12.4 Å². The highest BCUT2D eigenvalue weighted by atomic mass is 32.2. The Morgan fingerprint density at radius 3 is 2.52 bits per heavy atom. The molecule has 1 unspecified atom stereocenters. The summed E-state index contributed by atoms with van der Waals surface area (Å²) in [5.41, 5.74) is -0.459. The minimum atomic E-state index is -1.28. The molecule has 12 heteroatoms. The Kier molecular flexibility index (Phi) is 8.43. The number of nitrogens with zero attached hydrogens (tertiary/aromatic N) is 4. The second-order valence-electron chi connectivity index (χ2n) is 8.56. The van der Waals surface area contributed by atoms with Crippen molar-refractivity contribution >= 4 is 43.2 Å². The Morgan fingerprint density at radius 2 is 1.94 bits per heavy atom. The fraction of sp³-hybridized carbons (Fsp3) is 0.632. The van der Waals surface area contributed by atoms with E-state index in [2.05, 4.69) is 29.9 Å². The number of thioether (sulfide) groups is 1. The predicted octanol–water partition coefficient (Wildman–Crippen LogP) is 0.932. The molecule has 0 aromatic carbocycles. The molecular weight excluding hydrogens is 438 g/mol. The summed E-state index contributed by atoms with van der Waals surface area (Å²) in [6.07, 6.45) is 1.20. The molecule has 0 aliphatic heterocycles. The summed E-state index contributed by atoms with van der Waals surface area (Å²) < 4.78 is 9.78. The second kappa shape index (κ2) is 10.4. The minimum Gasteiger partial charge on any atom is -0.361 e. The van der Waals surface area contributed by atoms with E-state index in [1.54, 1.807) is 18.5 Å². The van der Waals surface area contributed by atoms with Gasteiger partial charge >= 0.3 is 5.69 Å². The Labute approximate surface area is 186 Å². The molecule has 1 amide bonds. The molecule has 2 rings (SSSR count). The van der Waals surface area contributed by atoms with Crippen molar-refractivity contribution in [1.29, 1.82) is 0 Å². The number of aromatic nitrogens is 4. The van der Waals surface area contributed by atoms with Crippen LogP contribution in [0.4, 0.5) is 0 Å². The third-order valence-corrected chi connectivity index (χ3v) is 7.49. The first-order valence-corrected chi connectivity index (χ1v) is 14.8. The van der Waals surface area contributed by atoms with Crippen molar-refractivity contribution in [2.24, 2.45) is 14.1 Å². The van der Waals surface area contributed by atoms with Gasteiger partial charge in [-0.3, -0.25) is 23.3 Å². The molecule has 1 atom stereocenters. The van der Waals surface area contributed by atoms with Gasteiger partial charge in [0.2, 0.25) is 5.91 Å². The number of carbonyl (C=O) groups excluding carboxylic acids is 2. The first-order valence-electron chi connectivity index (χ1n) is 10.1. The number of hydrogen-bond donors (Lipinski definition) is 1. The van der Waals surface area contributed by atoms with E-state index in [1.165, 1.54) is 11.6 Å². The van der Waals surface area contributed by atoms with E-state index >= 15 is 0 Å².